The van der Waals surface area contributed by atoms with Gasteiger partial charge in [0.25, 0.3) is 0 Å². The molecule has 6 N–H and O–H groups in total. The molecular weight excluding hydrogens is 695 g/mol. The maximum absolute atomic E-state index is 12.9. The van der Waals surface area contributed by atoms with E-state index in [0.29, 0.717) is 6.42 Å². The number of rotatable bonds is 36. The smallest absolute Gasteiger partial charge is 0.220 e. The van der Waals surface area contributed by atoms with Crippen molar-refractivity contribution in [3.8, 4) is 0 Å². The Morgan fingerprint density at radius 1 is 0.618 bits per heavy atom. The summed E-state index contributed by atoms with van der Waals surface area (Å²) in [5.74, 6) is -0.203. The van der Waals surface area contributed by atoms with Crippen molar-refractivity contribution in [2.45, 2.75) is 224 Å². The van der Waals surface area contributed by atoms with Gasteiger partial charge in [0.05, 0.1) is 25.4 Å². The predicted octanol–water partition coefficient (Wildman–Crippen LogP) is 9.06. The van der Waals surface area contributed by atoms with Gasteiger partial charge in [-0.1, -0.05) is 165 Å². The molecule has 0 spiro atoms. The molecule has 1 fully saturated rings. The van der Waals surface area contributed by atoms with E-state index < -0.39 is 49.5 Å². The number of aliphatic hydroxyl groups excluding tert-OH is 5. The molecule has 1 rings (SSSR count). The van der Waals surface area contributed by atoms with E-state index in [1.54, 1.807) is 6.08 Å². The zero-order valence-corrected chi connectivity index (χ0v) is 34.9. The number of aliphatic hydroxyl groups is 5. The Balaban J connectivity index is 2.42. The van der Waals surface area contributed by atoms with Gasteiger partial charge in [-0.25, -0.2) is 0 Å². The van der Waals surface area contributed by atoms with E-state index in [-0.39, 0.29) is 12.5 Å². The van der Waals surface area contributed by atoms with Crippen LogP contribution >= 0.6 is 0 Å². The zero-order valence-electron chi connectivity index (χ0n) is 34.9. The first-order valence-electron chi connectivity index (χ1n) is 22.4. The van der Waals surface area contributed by atoms with Gasteiger partial charge in [0, 0.05) is 6.42 Å². The molecule has 0 bridgehead atoms. The van der Waals surface area contributed by atoms with Crippen LogP contribution in [0.1, 0.15) is 181 Å². The van der Waals surface area contributed by atoms with Crippen molar-refractivity contribution < 1.29 is 39.8 Å². The lowest BCUT2D eigenvalue weighted by Crippen LogP contribution is -2.60. The summed E-state index contributed by atoms with van der Waals surface area (Å²) in [5, 5.41) is 54.1. The van der Waals surface area contributed by atoms with Crippen LogP contribution in [0.5, 0.6) is 0 Å². The van der Waals surface area contributed by atoms with Crippen LogP contribution in [0.4, 0.5) is 0 Å². The summed E-state index contributed by atoms with van der Waals surface area (Å²) in [7, 11) is 0. The first-order valence-corrected chi connectivity index (χ1v) is 22.4. The molecular formula is C46H83NO8. The van der Waals surface area contributed by atoms with Gasteiger partial charge in [-0.05, 0) is 57.8 Å². The van der Waals surface area contributed by atoms with Gasteiger partial charge < -0.3 is 40.3 Å². The lowest BCUT2D eigenvalue weighted by atomic mass is 9.99. The van der Waals surface area contributed by atoms with E-state index in [1.807, 2.05) is 6.08 Å². The molecule has 1 aliphatic rings. The average Bonchev–Trinajstić information content (AvgIpc) is 3.18. The van der Waals surface area contributed by atoms with Crippen LogP contribution < -0.4 is 5.32 Å². The highest BCUT2D eigenvalue weighted by Crippen LogP contribution is 2.22. The summed E-state index contributed by atoms with van der Waals surface area (Å²) in [6.45, 7) is 3.69. The van der Waals surface area contributed by atoms with Crippen molar-refractivity contribution in [2.24, 2.45) is 0 Å². The van der Waals surface area contributed by atoms with Crippen LogP contribution in [-0.2, 0) is 14.3 Å². The lowest BCUT2D eigenvalue weighted by molar-refractivity contribution is -0.302. The molecule has 7 unspecified atom stereocenters. The molecule has 0 aromatic carbocycles. The first kappa shape index (κ1) is 51.2. The van der Waals surface area contributed by atoms with E-state index in [9.17, 15) is 30.3 Å². The summed E-state index contributed by atoms with van der Waals surface area (Å²) in [6, 6.07) is -0.828. The second-order valence-corrected chi connectivity index (χ2v) is 15.5. The van der Waals surface area contributed by atoms with Crippen LogP contribution in [0.2, 0.25) is 0 Å². The molecule has 55 heavy (non-hydrogen) atoms. The number of unbranched alkanes of at least 4 members (excludes halogenated alkanes) is 20. The normalized spacial score (nSPS) is 21.8. The molecule has 0 aliphatic carbocycles. The largest absolute Gasteiger partial charge is 0.394 e. The Labute approximate surface area is 335 Å². The molecule has 0 aromatic rings. The van der Waals surface area contributed by atoms with Gasteiger partial charge in [-0.15, -0.1) is 0 Å². The van der Waals surface area contributed by atoms with Gasteiger partial charge in [-0.3, -0.25) is 4.79 Å². The Hall–Kier alpha value is -1.85. The summed E-state index contributed by atoms with van der Waals surface area (Å²) in [4.78, 5) is 12.9. The summed E-state index contributed by atoms with van der Waals surface area (Å²) >= 11 is 0. The van der Waals surface area contributed by atoms with E-state index >= 15 is 0 Å². The fraction of sp³-hybridized carbons (Fsp3) is 0.804. The average molecular weight is 778 g/mol. The number of allylic oxidation sites excluding steroid dienone is 7. The van der Waals surface area contributed by atoms with Crippen LogP contribution in [0.25, 0.3) is 0 Å². The second-order valence-electron chi connectivity index (χ2n) is 15.5. The maximum atomic E-state index is 12.9. The third kappa shape index (κ3) is 27.4. The van der Waals surface area contributed by atoms with Gasteiger partial charge in [0.1, 0.15) is 24.4 Å². The maximum Gasteiger partial charge on any atom is 0.220 e. The second kappa shape index (κ2) is 36.5. The van der Waals surface area contributed by atoms with E-state index in [4.69, 9.17) is 9.47 Å². The highest BCUT2D eigenvalue weighted by atomic mass is 16.7. The predicted molar refractivity (Wildman–Crippen MR) is 226 cm³/mol. The fourth-order valence-electron chi connectivity index (χ4n) is 6.72. The molecule has 9 nitrogen and oxygen atoms in total. The third-order valence-electron chi connectivity index (χ3n) is 10.4. The Bertz CT molecular complexity index is 998. The molecule has 0 radical (unpaired) electrons. The van der Waals surface area contributed by atoms with Crippen LogP contribution in [0.15, 0.2) is 48.6 Å². The summed E-state index contributed by atoms with van der Waals surface area (Å²) < 4.78 is 11.2. The van der Waals surface area contributed by atoms with Crippen molar-refractivity contribution in [3.05, 3.63) is 48.6 Å². The Kier molecular flexibility index (Phi) is 33.9. The number of ether oxygens (including phenoxy) is 2. The standard InChI is InChI=1S/C46H83NO8/c1-3-5-7-9-11-13-15-17-19-20-21-22-23-25-27-29-31-33-35-40(49)39(38-54-46-45(53)44(52)43(51)41(37-48)55-46)47-42(50)36-34-32-30-28-26-24-18-16-14-12-10-8-6-4-2/h10,12,16,18,25,27,33,35,39-41,43-46,48-49,51-53H,3-9,11,13-15,17,19-24,26,28-32,34,36-38H2,1-2H3,(H,47,50)/b12-10-,18-16-,27-25+,35-33+. The SMILES string of the molecule is CCCC/C=C\C/C=C\CCCCCCCC(=O)NC(COC1OC(CO)C(O)C(O)C1O)C(O)/C=C/CC/C=C/CCCCCCCCCCCCCC. The molecule has 0 aromatic heterocycles. The third-order valence-corrected chi connectivity index (χ3v) is 10.4. The monoisotopic (exact) mass is 778 g/mol. The molecule has 1 aliphatic heterocycles. The number of hydrogen-bond donors (Lipinski definition) is 6. The van der Waals surface area contributed by atoms with Crippen molar-refractivity contribution in [1.82, 2.24) is 5.32 Å². The van der Waals surface area contributed by atoms with Gasteiger partial charge in [0.15, 0.2) is 6.29 Å². The number of carbonyl (C=O) groups is 1. The minimum Gasteiger partial charge on any atom is -0.394 e. The zero-order chi connectivity index (χ0) is 40.2. The van der Waals surface area contributed by atoms with Crippen LogP contribution in [0.3, 0.4) is 0 Å². The van der Waals surface area contributed by atoms with E-state index in [1.165, 1.54) is 89.9 Å². The van der Waals surface area contributed by atoms with Crippen molar-refractivity contribution in [3.63, 3.8) is 0 Å². The lowest BCUT2D eigenvalue weighted by Gasteiger charge is -2.40. The van der Waals surface area contributed by atoms with E-state index in [2.05, 4.69) is 55.6 Å². The minimum absolute atomic E-state index is 0.203. The fourth-order valence-corrected chi connectivity index (χ4v) is 6.72. The van der Waals surface area contributed by atoms with Gasteiger partial charge in [-0.2, -0.15) is 0 Å². The minimum atomic E-state index is -1.57. The Morgan fingerprint density at radius 2 is 1.11 bits per heavy atom. The first-order chi connectivity index (χ1) is 26.8. The topological polar surface area (TPSA) is 149 Å². The highest BCUT2D eigenvalue weighted by Gasteiger charge is 2.44. The number of carbonyl (C=O) groups excluding carboxylic acids is 1. The van der Waals surface area contributed by atoms with Gasteiger partial charge in [0.2, 0.25) is 5.91 Å². The highest BCUT2D eigenvalue weighted by molar-refractivity contribution is 5.76. The quantitative estimate of drug-likeness (QED) is 0.0273. The molecule has 9 heteroatoms. The number of amides is 1. The van der Waals surface area contributed by atoms with Crippen LogP contribution in [-0.4, -0.2) is 87.5 Å². The number of nitrogens with one attached hydrogen (secondary N) is 1. The molecule has 320 valence electrons. The molecule has 1 heterocycles. The number of hydrogen-bond acceptors (Lipinski definition) is 8. The molecule has 1 saturated heterocycles. The molecule has 0 saturated carbocycles. The molecule has 1 amide bonds. The Morgan fingerprint density at radius 3 is 1.69 bits per heavy atom. The van der Waals surface area contributed by atoms with Crippen molar-refractivity contribution in [1.29, 1.82) is 0 Å². The van der Waals surface area contributed by atoms with Crippen molar-refractivity contribution >= 4 is 5.91 Å². The summed E-state index contributed by atoms with van der Waals surface area (Å²) in [6.07, 6.45) is 38.7. The van der Waals surface area contributed by atoms with Crippen molar-refractivity contribution in [2.75, 3.05) is 13.2 Å². The van der Waals surface area contributed by atoms with E-state index in [0.717, 1.165) is 70.6 Å². The van der Waals surface area contributed by atoms with Crippen LogP contribution in [0, 0.1) is 0 Å². The summed E-state index contributed by atoms with van der Waals surface area (Å²) in [5.41, 5.74) is 0. The molecule has 7 atom stereocenters. The van der Waals surface area contributed by atoms with Gasteiger partial charge >= 0.3 is 0 Å².